The fourth-order valence-electron chi connectivity index (χ4n) is 2.77. The number of nitrogens with one attached hydrogen (secondary N) is 2. The predicted molar refractivity (Wildman–Crippen MR) is 101 cm³/mol. The summed E-state index contributed by atoms with van der Waals surface area (Å²) in [5, 5.41) is 6.18. The Labute approximate surface area is 162 Å². The maximum absolute atomic E-state index is 13.1. The molecule has 0 aromatic heterocycles. The standard InChI is InChI=1S/C16H22F4N4.HI/c1-21-15(22-8-12-3-2-4-14(17)7-12)23-9-13-5-6-24(10-13)11-16(18,19)20;/h2-4,7,13H,5-6,8-11H2,1H3,(H2,21,22,23);1H. The van der Waals surface area contributed by atoms with E-state index in [-0.39, 0.29) is 35.7 Å². The third kappa shape index (κ3) is 8.21. The fraction of sp³-hybridized carbons (Fsp3) is 0.562. The predicted octanol–water partition coefficient (Wildman–Crippen LogP) is 2.99. The van der Waals surface area contributed by atoms with Gasteiger partial charge >= 0.3 is 6.18 Å². The molecule has 1 fully saturated rings. The molecular formula is C16H23F4IN4. The van der Waals surface area contributed by atoms with Gasteiger partial charge in [0.2, 0.25) is 0 Å². The Morgan fingerprint density at radius 1 is 1.32 bits per heavy atom. The molecule has 0 spiro atoms. The Balaban J connectivity index is 0.00000312. The number of aliphatic imine (C=N–C) groups is 1. The normalized spacial score (nSPS) is 18.8. The van der Waals surface area contributed by atoms with Crippen LogP contribution in [0.25, 0.3) is 0 Å². The highest BCUT2D eigenvalue weighted by Gasteiger charge is 2.34. The number of halogens is 5. The minimum atomic E-state index is -4.15. The second-order valence-corrected chi connectivity index (χ2v) is 5.94. The van der Waals surface area contributed by atoms with Crippen LogP contribution in [0.15, 0.2) is 29.3 Å². The van der Waals surface area contributed by atoms with Gasteiger partial charge in [-0.2, -0.15) is 13.2 Å². The molecule has 25 heavy (non-hydrogen) atoms. The molecule has 0 bridgehead atoms. The zero-order valence-corrected chi connectivity index (χ0v) is 16.3. The molecule has 4 nitrogen and oxygen atoms in total. The van der Waals surface area contributed by atoms with Crippen molar-refractivity contribution in [1.29, 1.82) is 0 Å². The number of rotatable bonds is 5. The molecule has 142 valence electrons. The van der Waals surface area contributed by atoms with E-state index in [1.807, 2.05) is 0 Å². The molecule has 1 aliphatic heterocycles. The number of likely N-dealkylation sites (tertiary alicyclic amines) is 1. The monoisotopic (exact) mass is 474 g/mol. The van der Waals surface area contributed by atoms with E-state index in [4.69, 9.17) is 0 Å². The van der Waals surface area contributed by atoms with Crippen LogP contribution in [0.5, 0.6) is 0 Å². The fourth-order valence-corrected chi connectivity index (χ4v) is 2.77. The van der Waals surface area contributed by atoms with Crippen molar-refractivity contribution >= 4 is 29.9 Å². The van der Waals surface area contributed by atoms with E-state index in [1.165, 1.54) is 17.0 Å². The molecule has 9 heteroatoms. The Bertz CT molecular complexity index is 565. The molecular weight excluding hydrogens is 451 g/mol. The highest BCUT2D eigenvalue weighted by Crippen LogP contribution is 2.22. The largest absolute Gasteiger partial charge is 0.401 e. The summed E-state index contributed by atoms with van der Waals surface area (Å²) in [6.07, 6.45) is -3.42. The quantitative estimate of drug-likeness (QED) is 0.299. The first-order valence-electron chi connectivity index (χ1n) is 7.84. The van der Waals surface area contributed by atoms with Gasteiger partial charge in [-0.15, -0.1) is 24.0 Å². The van der Waals surface area contributed by atoms with Crippen molar-refractivity contribution in [2.45, 2.75) is 19.1 Å². The van der Waals surface area contributed by atoms with E-state index >= 15 is 0 Å². The third-order valence-corrected chi connectivity index (χ3v) is 3.90. The number of alkyl halides is 3. The van der Waals surface area contributed by atoms with E-state index in [0.717, 1.165) is 12.0 Å². The van der Waals surface area contributed by atoms with Gasteiger partial charge < -0.3 is 10.6 Å². The molecule has 0 saturated carbocycles. The average molecular weight is 474 g/mol. The zero-order chi connectivity index (χ0) is 17.6. The lowest BCUT2D eigenvalue weighted by atomic mass is 10.1. The van der Waals surface area contributed by atoms with Gasteiger partial charge in [0.1, 0.15) is 5.82 Å². The number of hydrogen-bond donors (Lipinski definition) is 2. The zero-order valence-electron chi connectivity index (χ0n) is 13.9. The molecule has 2 rings (SSSR count). The summed E-state index contributed by atoms with van der Waals surface area (Å²) in [6, 6.07) is 6.25. The van der Waals surface area contributed by atoms with Crippen LogP contribution in [0.4, 0.5) is 17.6 Å². The molecule has 1 aliphatic rings. The minimum absolute atomic E-state index is 0. The molecule has 0 aliphatic carbocycles. The van der Waals surface area contributed by atoms with Gasteiger partial charge in [0.25, 0.3) is 0 Å². The van der Waals surface area contributed by atoms with Crippen LogP contribution in [-0.4, -0.2) is 50.3 Å². The first-order valence-corrected chi connectivity index (χ1v) is 7.84. The maximum Gasteiger partial charge on any atom is 0.401 e. The molecule has 1 aromatic rings. The lowest BCUT2D eigenvalue weighted by molar-refractivity contribution is -0.143. The van der Waals surface area contributed by atoms with Crippen molar-refractivity contribution in [1.82, 2.24) is 15.5 Å². The summed E-state index contributed by atoms with van der Waals surface area (Å²) < 4.78 is 50.3. The SMILES string of the molecule is CN=C(NCc1cccc(F)c1)NCC1CCN(CC(F)(F)F)C1.I. The summed E-state index contributed by atoms with van der Waals surface area (Å²) in [6.45, 7) is 1.00. The lowest BCUT2D eigenvalue weighted by Gasteiger charge is -2.18. The molecule has 0 amide bonds. The maximum atomic E-state index is 13.1. The second kappa shape index (κ2) is 10.1. The van der Waals surface area contributed by atoms with Crippen LogP contribution in [0.2, 0.25) is 0 Å². The van der Waals surface area contributed by atoms with Gasteiger partial charge in [0, 0.05) is 26.7 Å². The van der Waals surface area contributed by atoms with Crippen LogP contribution in [0.1, 0.15) is 12.0 Å². The third-order valence-electron chi connectivity index (χ3n) is 3.90. The second-order valence-electron chi connectivity index (χ2n) is 5.94. The molecule has 0 radical (unpaired) electrons. The van der Waals surface area contributed by atoms with Gasteiger partial charge in [-0.1, -0.05) is 12.1 Å². The van der Waals surface area contributed by atoms with Crippen LogP contribution >= 0.6 is 24.0 Å². The first kappa shape index (κ1) is 21.9. The topological polar surface area (TPSA) is 39.7 Å². The van der Waals surface area contributed by atoms with E-state index in [1.54, 1.807) is 19.2 Å². The van der Waals surface area contributed by atoms with Crippen LogP contribution in [0, 0.1) is 11.7 Å². The molecule has 1 saturated heterocycles. The number of benzene rings is 1. The van der Waals surface area contributed by atoms with Crippen molar-refractivity contribution in [2.24, 2.45) is 10.9 Å². The highest BCUT2D eigenvalue weighted by atomic mass is 127. The molecule has 1 aromatic carbocycles. The number of guanidine groups is 1. The molecule has 1 heterocycles. The Morgan fingerprint density at radius 2 is 2.08 bits per heavy atom. The summed E-state index contributed by atoms with van der Waals surface area (Å²) >= 11 is 0. The summed E-state index contributed by atoms with van der Waals surface area (Å²) in [5.41, 5.74) is 0.787. The Morgan fingerprint density at radius 3 is 2.72 bits per heavy atom. The van der Waals surface area contributed by atoms with Gasteiger partial charge in [-0.25, -0.2) is 4.39 Å². The average Bonchev–Trinajstić information content (AvgIpc) is 2.93. The summed E-state index contributed by atoms with van der Waals surface area (Å²) in [5.74, 6) is 0.404. The Hall–Kier alpha value is -1.10. The molecule has 1 atom stereocenters. The lowest BCUT2D eigenvalue weighted by Crippen LogP contribution is -2.40. The summed E-state index contributed by atoms with van der Waals surface area (Å²) in [7, 11) is 1.62. The number of hydrogen-bond acceptors (Lipinski definition) is 2. The van der Waals surface area contributed by atoms with E-state index in [0.29, 0.717) is 32.1 Å². The van der Waals surface area contributed by atoms with Crippen molar-refractivity contribution in [2.75, 3.05) is 33.2 Å². The van der Waals surface area contributed by atoms with Crippen LogP contribution in [-0.2, 0) is 6.54 Å². The van der Waals surface area contributed by atoms with E-state index in [9.17, 15) is 17.6 Å². The minimum Gasteiger partial charge on any atom is -0.356 e. The highest BCUT2D eigenvalue weighted by molar-refractivity contribution is 14.0. The smallest absolute Gasteiger partial charge is 0.356 e. The number of nitrogens with zero attached hydrogens (tertiary/aromatic N) is 2. The molecule has 2 N–H and O–H groups in total. The first-order chi connectivity index (χ1) is 11.4. The van der Waals surface area contributed by atoms with Crippen molar-refractivity contribution in [3.05, 3.63) is 35.6 Å². The van der Waals surface area contributed by atoms with E-state index in [2.05, 4.69) is 15.6 Å². The van der Waals surface area contributed by atoms with Crippen LogP contribution < -0.4 is 10.6 Å². The van der Waals surface area contributed by atoms with E-state index < -0.39 is 12.7 Å². The molecule has 1 unspecified atom stereocenters. The van der Waals surface area contributed by atoms with Gasteiger partial charge in [-0.05, 0) is 36.6 Å². The Kier molecular flexibility index (Phi) is 8.91. The van der Waals surface area contributed by atoms with Crippen molar-refractivity contribution in [3.8, 4) is 0 Å². The van der Waals surface area contributed by atoms with Gasteiger partial charge in [-0.3, -0.25) is 9.89 Å². The summed E-state index contributed by atoms with van der Waals surface area (Å²) in [4.78, 5) is 5.50. The van der Waals surface area contributed by atoms with Gasteiger partial charge in [0.15, 0.2) is 5.96 Å². The van der Waals surface area contributed by atoms with Crippen molar-refractivity contribution in [3.63, 3.8) is 0 Å². The van der Waals surface area contributed by atoms with Crippen molar-refractivity contribution < 1.29 is 17.6 Å². The van der Waals surface area contributed by atoms with Crippen LogP contribution in [0.3, 0.4) is 0 Å². The van der Waals surface area contributed by atoms with Gasteiger partial charge in [0.05, 0.1) is 6.54 Å².